The number of carbonyl (C=O) groups is 1. The molecule has 0 radical (unpaired) electrons. The summed E-state index contributed by atoms with van der Waals surface area (Å²) in [7, 11) is 1.67. The van der Waals surface area contributed by atoms with Gasteiger partial charge in [-0.3, -0.25) is 20.1 Å². The zero-order chi connectivity index (χ0) is 20.7. The zero-order valence-corrected chi connectivity index (χ0v) is 17.0. The van der Waals surface area contributed by atoms with Gasteiger partial charge in [0.1, 0.15) is 11.5 Å². The highest BCUT2D eigenvalue weighted by atomic mass is 16.5. The van der Waals surface area contributed by atoms with Crippen LogP contribution in [-0.4, -0.2) is 46.4 Å². The second kappa shape index (κ2) is 7.40. The number of anilines is 1. The summed E-state index contributed by atoms with van der Waals surface area (Å²) in [4.78, 5) is 25.8. The molecule has 1 N–H and O–H groups in total. The number of hydrogen-bond donors (Lipinski definition) is 1. The Morgan fingerprint density at radius 3 is 2.86 bits per heavy atom. The SMILES string of the molecule is C=C1CC(OC)CN1C(=N)c1cccc(N2Cc3c(cc(C)nc3CC)C2=O)n1. The molecule has 0 spiro atoms. The minimum absolute atomic E-state index is 0.0314. The average molecular weight is 391 g/mol. The fourth-order valence-corrected chi connectivity index (χ4v) is 4.01. The van der Waals surface area contributed by atoms with Gasteiger partial charge in [0, 0.05) is 41.7 Å². The number of amidine groups is 1. The molecule has 2 aliphatic heterocycles. The van der Waals surface area contributed by atoms with Crippen molar-refractivity contribution in [2.24, 2.45) is 0 Å². The van der Waals surface area contributed by atoms with Crippen LogP contribution in [0.4, 0.5) is 5.82 Å². The molecule has 2 aromatic rings. The molecule has 2 aromatic heterocycles. The molecule has 1 fully saturated rings. The van der Waals surface area contributed by atoms with Gasteiger partial charge in [-0.2, -0.15) is 0 Å². The number of nitrogens with zero attached hydrogens (tertiary/aromatic N) is 4. The van der Waals surface area contributed by atoms with Gasteiger partial charge in [0.25, 0.3) is 5.91 Å². The third-order valence-electron chi connectivity index (χ3n) is 5.55. The van der Waals surface area contributed by atoms with Crippen molar-refractivity contribution in [2.75, 3.05) is 18.6 Å². The van der Waals surface area contributed by atoms with Crippen molar-refractivity contribution in [3.63, 3.8) is 0 Å². The van der Waals surface area contributed by atoms with Crippen LogP contribution in [0.15, 0.2) is 36.5 Å². The Morgan fingerprint density at radius 1 is 1.38 bits per heavy atom. The molecule has 1 atom stereocenters. The molecule has 4 rings (SSSR count). The van der Waals surface area contributed by atoms with Crippen molar-refractivity contribution in [3.05, 3.63) is 64.8 Å². The number of aryl methyl sites for hydroxylation is 2. The minimum Gasteiger partial charge on any atom is -0.379 e. The van der Waals surface area contributed by atoms with E-state index in [0.29, 0.717) is 36.6 Å². The summed E-state index contributed by atoms with van der Waals surface area (Å²) in [5, 5.41) is 8.59. The Kier molecular flexibility index (Phi) is 4.92. The standard InChI is InChI=1S/C22H25N5O2/c1-5-18-17-12-27(22(28)16(17)9-13(2)24-18)20-8-6-7-19(25-20)21(23)26-11-15(29-4)10-14(26)3/h6-9,15,23H,3,5,10-12H2,1-2,4H3. The lowest BCUT2D eigenvalue weighted by Crippen LogP contribution is -2.30. The van der Waals surface area contributed by atoms with Gasteiger partial charge in [-0.05, 0) is 31.5 Å². The number of pyridine rings is 2. The third-order valence-corrected chi connectivity index (χ3v) is 5.55. The lowest BCUT2D eigenvalue weighted by atomic mass is 10.1. The molecule has 0 aliphatic carbocycles. The summed E-state index contributed by atoms with van der Waals surface area (Å²) in [5.41, 5.74) is 4.83. The number of hydrogen-bond acceptors (Lipinski definition) is 5. The van der Waals surface area contributed by atoms with E-state index in [2.05, 4.69) is 16.5 Å². The Balaban J connectivity index is 1.62. The fourth-order valence-electron chi connectivity index (χ4n) is 4.01. The van der Waals surface area contributed by atoms with E-state index in [0.717, 1.165) is 29.1 Å². The van der Waals surface area contributed by atoms with Gasteiger partial charge in [-0.1, -0.05) is 19.6 Å². The van der Waals surface area contributed by atoms with E-state index in [1.807, 2.05) is 36.9 Å². The number of nitrogens with one attached hydrogen (secondary N) is 1. The number of fused-ring (bicyclic) bond motifs is 1. The lowest BCUT2D eigenvalue weighted by molar-refractivity contribution is 0.0995. The Labute approximate surface area is 170 Å². The molecule has 29 heavy (non-hydrogen) atoms. The molecule has 4 heterocycles. The average Bonchev–Trinajstić information content (AvgIpc) is 3.27. The van der Waals surface area contributed by atoms with Gasteiger partial charge < -0.3 is 9.64 Å². The number of methoxy groups -OCH3 is 1. The summed E-state index contributed by atoms with van der Waals surface area (Å²) in [6.45, 7) is 9.05. The molecule has 7 nitrogen and oxygen atoms in total. The normalized spacial score (nSPS) is 18.5. The number of ether oxygens (including phenoxy) is 1. The van der Waals surface area contributed by atoms with Gasteiger partial charge in [0.05, 0.1) is 19.2 Å². The van der Waals surface area contributed by atoms with Crippen LogP contribution in [0.3, 0.4) is 0 Å². The Morgan fingerprint density at radius 2 is 2.17 bits per heavy atom. The van der Waals surface area contributed by atoms with Gasteiger partial charge >= 0.3 is 0 Å². The van der Waals surface area contributed by atoms with Crippen molar-refractivity contribution in [2.45, 2.75) is 39.3 Å². The van der Waals surface area contributed by atoms with E-state index in [9.17, 15) is 4.79 Å². The molecule has 0 aromatic carbocycles. The molecular weight excluding hydrogens is 366 g/mol. The maximum atomic E-state index is 13.1. The van der Waals surface area contributed by atoms with E-state index >= 15 is 0 Å². The molecule has 1 unspecified atom stereocenters. The molecule has 7 heteroatoms. The van der Waals surface area contributed by atoms with Crippen molar-refractivity contribution >= 4 is 17.6 Å². The summed E-state index contributed by atoms with van der Waals surface area (Å²) in [6, 6.07) is 7.28. The first-order valence-corrected chi connectivity index (χ1v) is 9.78. The van der Waals surface area contributed by atoms with E-state index in [1.165, 1.54) is 0 Å². The second-order valence-electron chi connectivity index (χ2n) is 7.45. The lowest BCUT2D eigenvalue weighted by Gasteiger charge is -2.21. The maximum Gasteiger partial charge on any atom is 0.260 e. The smallest absolute Gasteiger partial charge is 0.260 e. The first-order chi connectivity index (χ1) is 13.9. The molecule has 150 valence electrons. The quantitative estimate of drug-likeness (QED) is 0.640. The van der Waals surface area contributed by atoms with Gasteiger partial charge in [0.15, 0.2) is 5.84 Å². The minimum atomic E-state index is -0.0681. The third kappa shape index (κ3) is 3.31. The number of amides is 1. The topological polar surface area (TPSA) is 82.4 Å². The van der Waals surface area contributed by atoms with Crippen LogP contribution in [-0.2, 0) is 17.7 Å². The van der Waals surface area contributed by atoms with E-state index in [1.54, 1.807) is 18.1 Å². The maximum absolute atomic E-state index is 13.1. The highest BCUT2D eigenvalue weighted by Gasteiger charge is 2.33. The van der Waals surface area contributed by atoms with Crippen LogP contribution in [0.2, 0.25) is 0 Å². The first-order valence-electron chi connectivity index (χ1n) is 9.78. The first kappa shape index (κ1) is 19.3. The van der Waals surface area contributed by atoms with Gasteiger partial charge in [0.2, 0.25) is 0 Å². The number of aromatic nitrogens is 2. The highest BCUT2D eigenvalue weighted by Crippen LogP contribution is 2.30. The molecule has 1 amide bonds. The van der Waals surface area contributed by atoms with Crippen molar-refractivity contribution in [3.8, 4) is 0 Å². The van der Waals surface area contributed by atoms with Crippen LogP contribution in [0.5, 0.6) is 0 Å². The Bertz CT molecular complexity index is 1020. The molecule has 1 saturated heterocycles. The van der Waals surface area contributed by atoms with E-state index in [4.69, 9.17) is 10.1 Å². The van der Waals surface area contributed by atoms with E-state index < -0.39 is 0 Å². The largest absolute Gasteiger partial charge is 0.379 e. The molecule has 0 saturated carbocycles. The predicted octanol–water partition coefficient (Wildman–Crippen LogP) is 3.07. The highest BCUT2D eigenvalue weighted by molar-refractivity contribution is 6.10. The molecule has 0 bridgehead atoms. The summed E-state index contributed by atoms with van der Waals surface area (Å²) in [5.74, 6) is 0.745. The number of rotatable bonds is 4. The molecule has 2 aliphatic rings. The fraction of sp³-hybridized carbons (Fsp3) is 0.364. The monoisotopic (exact) mass is 391 g/mol. The summed E-state index contributed by atoms with van der Waals surface area (Å²) in [6.07, 6.45) is 1.51. The van der Waals surface area contributed by atoms with Crippen LogP contribution < -0.4 is 4.90 Å². The van der Waals surface area contributed by atoms with Crippen LogP contribution in [0.1, 0.15) is 46.3 Å². The number of likely N-dealkylation sites (tertiary alicyclic amines) is 1. The van der Waals surface area contributed by atoms with Crippen molar-refractivity contribution in [1.29, 1.82) is 5.41 Å². The van der Waals surface area contributed by atoms with Gasteiger partial charge in [-0.15, -0.1) is 0 Å². The second-order valence-corrected chi connectivity index (χ2v) is 7.45. The summed E-state index contributed by atoms with van der Waals surface area (Å²) < 4.78 is 5.41. The van der Waals surface area contributed by atoms with Crippen LogP contribution >= 0.6 is 0 Å². The zero-order valence-electron chi connectivity index (χ0n) is 17.0. The Hall–Kier alpha value is -3.06. The van der Waals surface area contributed by atoms with E-state index in [-0.39, 0.29) is 17.8 Å². The summed E-state index contributed by atoms with van der Waals surface area (Å²) >= 11 is 0. The van der Waals surface area contributed by atoms with Crippen LogP contribution in [0, 0.1) is 12.3 Å². The molecular formula is C22H25N5O2. The predicted molar refractivity (Wildman–Crippen MR) is 111 cm³/mol. The van der Waals surface area contributed by atoms with Crippen LogP contribution in [0.25, 0.3) is 0 Å². The van der Waals surface area contributed by atoms with Crippen molar-refractivity contribution < 1.29 is 9.53 Å². The number of carbonyl (C=O) groups excluding carboxylic acids is 1. The van der Waals surface area contributed by atoms with Crippen molar-refractivity contribution in [1.82, 2.24) is 14.9 Å². The van der Waals surface area contributed by atoms with Gasteiger partial charge in [-0.25, -0.2) is 4.98 Å².